The number of dihydropyridines is 1. The van der Waals surface area contributed by atoms with Crippen LogP contribution >= 0.6 is 35.6 Å². The van der Waals surface area contributed by atoms with Crippen LogP contribution in [0.4, 0.5) is 5.69 Å². The maximum absolute atomic E-state index is 11.4. The Kier molecular flexibility index (Phi) is 8.61. The molecule has 0 spiro atoms. The van der Waals surface area contributed by atoms with E-state index in [0.29, 0.717) is 16.7 Å². The van der Waals surface area contributed by atoms with Crippen LogP contribution in [0, 0.1) is 5.92 Å². The molecule has 0 bridgehead atoms. The van der Waals surface area contributed by atoms with E-state index >= 15 is 0 Å². The van der Waals surface area contributed by atoms with Gasteiger partial charge in [-0.1, -0.05) is 41.4 Å². The van der Waals surface area contributed by atoms with Crippen LogP contribution in [-0.2, 0) is 9.53 Å². The van der Waals surface area contributed by atoms with E-state index < -0.39 is 0 Å². The number of piperazine rings is 1. The zero-order valence-corrected chi connectivity index (χ0v) is 19.5. The highest BCUT2D eigenvalue weighted by atomic mass is 35.5. The van der Waals surface area contributed by atoms with Crippen molar-refractivity contribution in [2.75, 3.05) is 44.2 Å². The molecule has 8 heteroatoms. The number of unbranched alkanes of at least 4 members (excludes halogenated alkanes) is 1. The van der Waals surface area contributed by atoms with Gasteiger partial charge in [-0.2, -0.15) is 0 Å². The van der Waals surface area contributed by atoms with Gasteiger partial charge in [0.1, 0.15) is 5.76 Å². The molecule has 1 atom stereocenters. The van der Waals surface area contributed by atoms with E-state index in [1.54, 1.807) is 0 Å². The van der Waals surface area contributed by atoms with Crippen LogP contribution in [0.15, 0.2) is 59.3 Å². The van der Waals surface area contributed by atoms with Crippen LogP contribution in [0.1, 0.15) is 12.8 Å². The number of halogens is 3. The first-order chi connectivity index (χ1) is 14.6. The Bertz CT molecular complexity index is 919. The number of rotatable bonds is 7. The highest BCUT2D eigenvalue weighted by Gasteiger charge is 2.20. The van der Waals surface area contributed by atoms with E-state index in [9.17, 15) is 4.79 Å². The van der Waals surface area contributed by atoms with E-state index in [4.69, 9.17) is 27.9 Å². The van der Waals surface area contributed by atoms with Crippen molar-refractivity contribution in [2.45, 2.75) is 12.8 Å². The fraction of sp³-hybridized carbons (Fsp3) is 0.391. The van der Waals surface area contributed by atoms with Gasteiger partial charge in [-0.05, 0) is 37.6 Å². The number of amides is 1. The molecule has 1 aromatic carbocycles. The van der Waals surface area contributed by atoms with E-state index in [1.807, 2.05) is 42.5 Å². The summed E-state index contributed by atoms with van der Waals surface area (Å²) in [6.07, 6.45) is 11.3. The van der Waals surface area contributed by atoms with Gasteiger partial charge in [0.25, 0.3) is 5.91 Å². The number of ether oxygens (including phenoxy) is 1. The molecule has 2 aliphatic heterocycles. The Morgan fingerprint density at radius 3 is 2.65 bits per heavy atom. The van der Waals surface area contributed by atoms with Crippen molar-refractivity contribution in [3.05, 3.63) is 64.4 Å². The first-order valence-corrected chi connectivity index (χ1v) is 11.1. The molecule has 1 amide bonds. The number of hydrogen-bond donors (Lipinski definition) is 0. The highest BCUT2D eigenvalue weighted by Crippen LogP contribution is 2.32. The molecule has 1 unspecified atom stereocenters. The second kappa shape index (κ2) is 11.2. The second-order valence-electron chi connectivity index (χ2n) is 7.62. The lowest BCUT2D eigenvalue weighted by Gasteiger charge is -2.36. The van der Waals surface area contributed by atoms with Crippen LogP contribution in [0.2, 0.25) is 10.0 Å². The predicted octanol–water partition coefficient (Wildman–Crippen LogP) is 4.94. The SMILES string of the molecule is Cl.O=C1C=CC2C=CC(OCCCCN3CCN(c4cccc(Cl)c4Cl)CC3)=CC2=N1. The van der Waals surface area contributed by atoms with Gasteiger partial charge in [-0.3, -0.25) is 9.69 Å². The van der Waals surface area contributed by atoms with E-state index in [-0.39, 0.29) is 24.2 Å². The lowest BCUT2D eigenvalue weighted by atomic mass is 9.95. The number of carbonyl (C=O) groups is 1. The molecule has 2 heterocycles. The van der Waals surface area contributed by atoms with Crippen molar-refractivity contribution < 1.29 is 9.53 Å². The van der Waals surface area contributed by atoms with Crippen molar-refractivity contribution in [3.63, 3.8) is 0 Å². The minimum atomic E-state index is -0.204. The molecular formula is C23H26Cl3N3O2. The summed E-state index contributed by atoms with van der Waals surface area (Å²) >= 11 is 12.5. The summed E-state index contributed by atoms with van der Waals surface area (Å²) < 4.78 is 5.86. The number of aliphatic imine (C=N–C) groups is 1. The molecule has 31 heavy (non-hydrogen) atoms. The topological polar surface area (TPSA) is 45.1 Å². The van der Waals surface area contributed by atoms with Crippen molar-refractivity contribution in [2.24, 2.45) is 10.9 Å². The smallest absolute Gasteiger partial charge is 0.269 e. The van der Waals surface area contributed by atoms with Crippen molar-refractivity contribution >= 4 is 52.9 Å². The Morgan fingerprint density at radius 2 is 1.84 bits per heavy atom. The highest BCUT2D eigenvalue weighted by molar-refractivity contribution is 6.43. The molecule has 166 valence electrons. The standard InChI is InChI=1S/C23H25Cl2N3O2.ClH/c24-19-4-3-5-21(23(19)25)28-13-11-27(12-14-28)10-1-2-15-30-18-8-6-17-7-9-22(29)26-20(17)16-18;/h3-9,16-17H,1-2,10-15H2;1H. The molecule has 3 aliphatic rings. The van der Waals surface area contributed by atoms with Gasteiger partial charge in [0.2, 0.25) is 0 Å². The third-order valence-electron chi connectivity index (χ3n) is 5.57. The minimum Gasteiger partial charge on any atom is -0.494 e. The van der Waals surface area contributed by atoms with Crippen molar-refractivity contribution in [1.82, 2.24) is 4.90 Å². The average Bonchev–Trinajstić information content (AvgIpc) is 2.76. The van der Waals surface area contributed by atoms with E-state index in [1.165, 1.54) is 6.08 Å². The Morgan fingerprint density at radius 1 is 1.06 bits per heavy atom. The molecular weight excluding hydrogens is 457 g/mol. The monoisotopic (exact) mass is 481 g/mol. The number of allylic oxidation sites excluding steroid dienone is 4. The molecule has 0 aromatic heterocycles. The molecule has 1 aliphatic carbocycles. The van der Waals surface area contributed by atoms with Crippen LogP contribution in [0.3, 0.4) is 0 Å². The summed E-state index contributed by atoms with van der Waals surface area (Å²) in [7, 11) is 0. The fourth-order valence-electron chi connectivity index (χ4n) is 3.87. The summed E-state index contributed by atoms with van der Waals surface area (Å²) in [5.41, 5.74) is 1.78. The van der Waals surface area contributed by atoms with Gasteiger partial charge in [0.15, 0.2) is 0 Å². The zero-order valence-electron chi connectivity index (χ0n) is 17.2. The Hall–Kier alpha value is -1.79. The van der Waals surface area contributed by atoms with Crippen molar-refractivity contribution in [3.8, 4) is 0 Å². The number of fused-ring (bicyclic) bond motifs is 1. The van der Waals surface area contributed by atoms with E-state index in [0.717, 1.165) is 62.7 Å². The molecule has 1 fully saturated rings. The summed E-state index contributed by atoms with van der Waals surface area (Å²) in [5.74, 6) is 0.667. The van der Waals surface area contributed by atoms with Gasteiger partial charge >= 0.3 is 0 Å². The first kappa shape index (κ1) is 23.9. The second-order valence-corrected chi connectivity index (χ2v) is 8.41. The van der Waals surface area contributed by atoms with E-state index in [2.05, 4.69) is 14.8 Å². The number of benzene rings is 1. The normalized spacial score (nSPS) is 20.6. The molecule has 0 saturated carbocycles. The summed E-state index contributed by atoms with van der Waals surface area (Å²) in [6, 6.07) is 5.80. The lowest BCUT2D eigenvalue weighted by Crippen LogP contribution is -2.46. The number of anilines is 1. The van der Waals surface area contributed by atoms with Crippen LogP contribution in [-0.4, -0.2) is 55.8 Å². The van der Waals surface area contributed by atoms with Crippen molar-refractivity contribution in [1.29, 1.82) is 0 Å². The minimum absolute atomic E-state index is 0. The van der Waals surface area contributed by atoms with Crippen LogP contribution in [0.25, 0.3) is 0 Å². The maximum atomic E-state index is 11.4. The maximum Gasteiger partial charge on any atom is 0.269 e. The predicted molar refractivity (Wildman–Crippen MR) is 130 cm³/mol. The van der Waals surface area contributed by atoms with Gasteiger partial charge in [-0.25, -0.2) is 4.99 Å². The fourth-order valence-corrected chi connectivity index (χ4v) is 4.29. The lowest BCUT2D eigenvalue weighted by molar-refractivity contribution is -0.113. The molecule has 0 radical (unpaired) electrons. The van der Waals surface area contributed by atoms with Gasteiger partial charge in [0, 0.05) is 44.2 Å². The molecule has 1 saturated heterocycles. The largest absolute Gasteiger partial charge is 0.494 e. The summed E-state index contributed by atoms with van der Waals surface area (Å²) in [5, 5.41) is 1.25. The molecule has 1 aromatic rings. The number of hydrogen-bond acceptors (Lipinski definition) is 4. The number of nitrogens with zero attached hydrogens (tertiary/aromatic N) is 3. The van der Waals surface area contributed by atoms with Gasteiger partial charge < -0.3 is 9.64 Å². The van der Waals surface area contributed by atoms with Crippen LogP contribution < -0.4 is 4.90 Å². The summed E-state index contributed by atoms with van der Waals surface area (Å²) in [6.45, 7) is 5.65. The Balaban J connectivity index is 0.00000272. The molecule has 4 rings (SSSR count). The zero-order chi connectivity index (χ0) is 20.9. The quantitative estimate of drug-likeness (QED) is 0.516. The van der Waals surface area contributed by atoms with Gasteiger partial charge in [0.05, 0.1) is 28.1 Å². The molecule has 5 nitrogen and oxygen atoms in total. The summed E-state index contributed by atoms with van der Waals surface area (Å²) in [4.78, 5) is 20.3. The third kappa shape index (κ3) is 6.13. The van der Waals surface area contributed by atoms with Gasteiger partial charge in [-0.15, -0.1) is 12.4 Å². The number of carbonyl (C=O) groups excluding carboxylic acids is 1. The average molecular weight is 483 g/mol. The third-order valence-corrected chi connectivity index (χ3v) is 6.38. The Labute approximate surface area is 199 Å². The molecule has 0 N–H and O–H groups in total. The first-order valence-electron chi connectivity index (χ1n) is 10.3. The van der Waals surface area contributed by atoms with Crippen LogP contribution in [0.5, 0.6) is 0 Å².